The number of thiol groups is 1. The summed E-state index contributed by atoms with van der Waals surface area (Å²) in [4.78, 5) is 13.7. The highest BCUT2D eigenvalue weighted by molar-refractivity contribution is 8.11. The zero-order valence-electron chi connectivity index (χ0n) is 28.4. The molecule has 0 heterocycles. The van der Waals surface area contributed by atoms with Gasteiger partial charge in [0.05, 0.1) is 16.4 Å². The topological polar surface area (TPSA) is 38.3 Å². The Morgan fingerprint density at radius 1 is 1.07 bits per heavy atom. The number of hydrogen-bond acceptors (Lipinski definition) is 5. The first-order valence-corrected chi connectivity index (χ1v) is 19.8. The van der Waals surface area contributed by atoms with Gasteiger partial charge in [0.2, 0.25) is 0 Å². The Hall–Kier alpha value is -0.910. The fourth-order valence-electron chi connectivity index (χ4n) is 9.97. The minimum Gasteiger partial charge on any atom is -0.498 e. The van der Waals surface area contributed by atoms with E-state index in [1.807, 2.05) is 11.8 Å². The molecule has 0 aliphatic heterocycles. The lowest BCUT2D eigenvalue weighted by molar-refractivity contribution is -0.133. The van der Waals surface area contributed by atoms with Gasteiger partial charge in [-0.2, -0.15) is 12.6 Å². The lowest BCUT2D eigenvalue weighted by atomic mass is 9.54. The third kappa shape index (κ3) is 7.30. The molecule has 44 heavy (non-hydrogen) atoms. The van der Waals surface area contributed by atoms with Crippen LogP contribution in [0.1, 0.15) is 125 Å². The van der Waals surface area contributed by atoms with Crippen LogP contribution in [-0.2, 0) is 9.53 Å². The van der Waals surface area contributed by atoms with Crippen molar-refractivity contribution in [2.24, 2.45) is 35.0 Å². The SMILES string of the molecule is CCCC(NC(CC)CC)C1=CCC(OCCC23CCC4C5CCC(S)(SCC)C=C5C(C)CCC4C2CCC3=O)=CC=C1. The number of fused-ring (bicyclic) bond motifs is 5. The van der Waals surface area contributed by atoms with E-state index in [0.29, 0.717) is 48.1 Å². The fraction of sp³-hybridized carbons (Fsp3) is 0.769. The summed E-state index contributed by atoms with van der Waals surface area (Å²) in [6.07, 6.45) is 27.1. The Morgan fingerprint density at radius 3 is 2.64 bits per heavy atom. The molecular formula is C39H61NO2S2. The fourth-order valence-corrected chi connectivity index (χ4v) is 11.6. The van der Waals surface area contributed by atoms with Gasteiger partial charge in [-0.1, -0.05) is 70.9 Å². The lowest BCUT2D eigenvalue weighted by Crippen LogP contribution is -2.46. The van der Waals surface area contributed by atoms with Crippen LogP contribution in [-0.4, -0.2) is 34.3 Å². The van der Waals surface area contributed by atoms with Gasteiger partial charge in [-0.3, -0.25) is 4.79 Å². The third-order valence-corrected chi connectivity index (χ3v) is 14.2. The second kappa shape index (κ2) is 15.3. The van der Waals surface area contributed by atoms with E-state index in [1.165, 1.54) is 44.1 Å². The molecule has 0 aromatic heterocycles. The summed E-state index contributed by atoms with van der Waals surface area (Å²) in [5.74, 6) is 6.00. The summed E-state index contributed by atoms with van der Waals surface area (Å²) < 4.78 is 6.52. The molecule has 5 heteroatoms. The summed E-state index contributed by atoms with van der Waals surface area (Å²) in [6, 6.07) is 0.962. The molecular weight excluding hydrogens is 579 g/mol. The highest BCUT2D eigenvalue weighted by Gasteiger charge is 2.58. The van der Waals surface area contributed by atoms with Crippen molar-refractivity contribution < 1.29 is 9.53 Å². The predicted molar refractivity (Wildman–Crippen MR) is 192 cm³/mol. The average molecular weight is 640 g/mol. The monoisotopic (exact) mass is 639 g/mol. The maximum atomic E-state index is 13.7. The summed E-state index contributed by atoms with van der Waals surface area (Å²) in [5.41, 5.74) is 2.93. The molecule has 0 spiro atoms. The van der Waals surface area contributed by atoms with Crippen LogP contribution < -0.4 is 5.32 Å². The second-order valence-electron chi connectivity index (χ2n) is 14.7. The van der Waals surface area contributed by atoms with Crippen LogP contribution in [0.5, 0.6) is 0 Å². The van der Waals surface area contributed by atoms with Crippen LogP contribution >= 0.6 is 24.4 Å². The molecule has 5 rings (SSSR count). The van der Waals surface area contributed by atoms with Crippen molar-refractivity contribution >= 4 is 30.2 Å². The molecule has 8 unspecified atom stereocenters. The van der Waals surface area contributed by atoms with E-state index in [1.54, 1.807) is 5.57 Å². The minimum absolute atomic E-state index is 0.00640. The first-order chi connectivity index (χ1) is 21.3. The van der Waals surface area contributed by atoms with Crippen LogP contribution in [0.4, 0.5) is 0 Å². The molecule has 0 aromatic carbocycles. The molecule has 5 aliphatic carbocycles. The number of nitrogens with one attached hydrogen (secondary N) is 1. The summed E-state index contributed by atoms with van der Waals surface area (Å²) >= 11 is 7.18. The van der Waals surface area contributed by atoms with Crippen LogP contribution in [0, 0.1) is 35.0 Å². The van der Waals surface area contributed by atoms with Crippen molar-refractivity contribution in [1.29, 1.82) is 0 Å². The molecule has 0 bridgehead atoms. The molecule has 3 fully saturated rings. The highest BCUT2D eigenvalue weighted by atomic mass is 32.2. The van der Waals surface area contributed by atoms with Crippen molar-refractivity contribution in [3.63, 3.8) is 0 Å². The molecule has 0 aromatic rings. The van der Waals surface area contributed by atoms with E-state index >= 15 is 0 Å². The molecule has 246 valence electrons. The number of allylic oxidation sites excluding steroid dienone is 4. The van der Waals surface area contributed by atoms with E-state index in [-0.39, 0.29) is 9.49 Å². The van der Waals surface area contributed by atoms with Gasteiger partial charge in [-0.25, -0.2) is 0 Å². The predicted octanol–water partition coefficient (Wildman–Crippen LogP) is 10.2. The number of rotatable bonds is 13. The molecule has 5 aliphatic rings. The molecule has 1 N–H and O–H groups in total. The van der Waals surface area contributed by atoms with Gasteiger partial charge >= 0.3 is 0 Å². The summed E-state index contributed by atoms with van der Waals surface area (Å²) in [5, 5.41) is 3.91. The Balaban J connectivity index is 1.24. The van der Waals surface area contributed by atoms with E-state index in [4.69, 9.17) is 17.4 Å². The van der Waals surface area contributed by atoms with Gasteiger partial charge in [0.25, 0.3) is 0 Å². The Bertz CT molecular complexity index is 1120. The molecule has 0 amide bonds. The van der Waals surface area contributed by atoms with Crippen molar-refractivity contribution in [3.05, 3.63) is 47.3 Å². The van der Waals surface area contributed by atoms with E-state index < -0.39 is 0 Å². The van der Waals surface area contributed by atoms with Crippen LogP contribution in [0.2, 0.25) is 0 Å². The number of ketones is 1. The van der Waals surface area contributed by atoms with Crippen molar-refractivity contribution in [1.82, 2.24) is 5.32 Å². The largest absolute Gasteiger partial charge is 0.498 e. The van der Waals surface area contributed by atoms with Crippen LogP contribution in [0.25, 0.3) is 0 Å². The van der Waals surface area contributed by atoms with Gasteiger partial charge in [-0.05, 0) is 118 Å². The van der Waals surface area contributed by atoms with E-state index in [0.717, 1.165) is 68.8 Å². The number of carbonyl (C=O) groups excluding carboxylic acids is 1. The quantitative estimate of drug-likeness (QED) is 0.119. The first-order valence-electron chi connectivity index (χ1n) is 18.4. The lowest BCUT2D eigenvalue weighted by Gasteiger charge is -2.50. The Labute approximate surface area is 279 Å². The zero-order chi connectivity index (χ0) is 31.3. The third-order valence-electron chi connectivity index (χ3n) is 12.3. The molecule has 0 radical (unpaired) electrons. The van der Waals surface area contributed by atoms with Crippen molar-refractivity contribution in [3.8, 4) is 0 Å². The van der Waals surface area contributed by atoms with E-state index in [2.05, 4.69) is 70.3 Å². The number of hydrogen-bond donors (Lipinski definition) is 2. The first kappa shape index (κ1) is 34.4. The van der Waals surface area contributed by atoms with Crippen LogP contribution in [0.15, 0.2) is 47.3 Å². The molecule has 0 saturated heterocycles. The van der Waals surface area contributed by atoms with Crippen molar-refractivity contribution in [2.75, 3.05) is 12.4 Å². The molecule has 8 atom stereocenters. The highest BCUT2D eigenvalue weighted by Crippen LogP contribution is 2.62. The molecule has 3 nitrogen and oxygen atoms in total. The zero-order valence-corrected chi connectivity index (χ0v) is 30.1. The van der Waals surface area contributed by atoms with Gasteiger partial charge in [-0.15, -0.1) is 11.8 Å². The van der Waals surface area contributed by atoms with Gasteiger partial charge in [0, 0.05) is 30.3 Å². The maximum absolute atomic E-state index is 13.7. The summed E-state index contributed by atoms with van der Waals surface area (Å²) in [7, 11) is 0. The summed E-state index contributed by atoms with van der Waals surface area (Å²) in [6.45, 7) is 12.2. The average Bonchev–Trinajstić information content (AvgIpc) is 3.13. The maximum Gasteiger partial charge on any atom is 0.139 e. The van der Waals surface area contributed by atoms with Crippen molar-refractivity contribution in [2.45, 2.75) is 141 Å². The normalized spacial score (nSPS) is 35.9. The number of thioether (sulfide) groups is 1. The van der Waals surface area contributed by atoms with Gasteiger partial charge in [0.1, 0.15) is 5.78 Å². The number of ether oxygens (including phenoxy) is 1. The standard InChI is InChI=1S/C39H61NO2S2/c1-6-11-36(40-29(7-2)8-3)28-12-10-13-30(16-15-28)42-25-24-38-22-20-31-32-21-23-39(43,44-9-4)26-34(32)27(5)14-17-33(31)35(38)18-19-37(38)41/h10,12-13,15,26-27,29,31-33,35-36,40,43H,6-9,11,14,16-25H2,1-5H3. The van der Waals surface area contributed by atoms with Gasteiger partial charge < -0.3 is 10.1 Å². The number of Topliss-reactive ketones (excluding diaryl/α,β-unsaturated/α-hetero) is 1. The number of carbonyl (C=O) groups is 1. The Morgan fingerprint density at radius 2 is 1.89 bits per heavy atom. The van der Waals surface area contributed by atoms with Gasteiger partial charge in [0.15, 0.2) is 0 Å². The van der Waals surface area contributed by atoms with Crippen LogP contribution in [0.3, 0.4) is 0 Å². The Kier molecular flexibility index (Phi) is 12.0. The second-order valence-corrected chi connectivity index (χ2v) is 17.4. The van der Waals surface area contributed by atoms with E-state index in [9.17, 15) is 4.79 Å². The smallest absolute Gasteiger partial charge is 0.139 e. The molecule has 3 saturated carbocycles. The minimum atomic E-state index is -0.160.